The molecule has 0 unspecified atom stereocenters. The van der Waals surface area contributed by atoms with Crippen LogP contribution in [-0.2, 0) is 4.74 Å². The lowest BCUT2D eigenvalue weighted by atomic mass is 10.1. The number of carbonyl (C=O) groups excluding carboxylic acids is 1. The Bertz CT molecular complexity index is 1290. The van der Waals surface area contributed by atoms with Crippen molar-refractivity contribution in [2.24, 2.45) is 0 Å². The number of amides is 1. The van der Waals surface area contributed by atoms with Crippen molar-refractivity contribution in [3.63, 3.8) is 0 Å². The number of rotatable bonds is 5. The fraction of sp³-hybridized carbons (Fsp3) is 0.538. The van der Waals surface area contributed by atoms with E-state index in [9.17, 15) is 9.90 Å². The van der Waals surface area contributed by atoms with Crippen LogP contribution in [0, 0.1) is 6.92 Å². The molecule has 2 N–H and O–H groups in total. The number of aryl methyl sites for hydroxylation is 1. The van der Waals surface area contributed by atoms with Gasteiger partial charge in [-0.25, -0.2) is 9.97 Å². The molecule has 3 saturated heterocycles. The predicted octanol–water partition coefficient (Wildman–Crippen LogP) is 3.16. The molecule has 12 heteroatoms. The van der Waals surface area contributed by atoms with Crippen LogP contribution in [0.25, 0.3) is 10.3 Å². The number of hydrogen-bond acceptors (Lipinski definition) is 10. The van der Waals surface area contributed by atoms with E-state index in [1.54, 1.807) is 17.4 Å². The Morgan fingerprint density at radius 1 is 1.00 bits per heavy atom. The summed E-state index contributed by atoms with van der Waals surface area (Å²) >= 11 is 1.60. The van der Waals surface area contributed by atoms with Gasteiger partial charge in [0.1, 0.15) is 11.5 Å². The van der Waals surface area contributed by atoms with E-state index in [1.807, 2.05) is 24.0 Å². The molecule has 0 aliphatic carbocycles. The summed E-state index contributed by atoms with van der Waals surface area (Å²) in [6, 6.07) is 5.70. The molecule has 204 valence electrons. The van der Waals surface area contributed by atoms with Crippen molar-refractivity contribution in [1.29, 1.82) is 0 Å². The molecule has 10 nitrogen and oxygen atoms in total. The number of fused-ring (bicyclic) bond motifs is 1. The van der Waals surface area contributed by atoms with Crippen LogP contribution in [0.1, 0.15) is 41.7 Å². The molecule has 0 spiro atoms. The topological polar surface area (TPSA) is 107 Å². The van der Waals surface area contributed by atoms with Gasteiger partial charge in [-0.1, -0.05) is 17.4 Å². The van der Waals surface area contributed by atoms with Gasteiger partial charge in [-0.3, -0.25) is 4.79 Å². The number of aliphatic hydroxyl groups excluding tert-OH is 1. The average molecular weight is 558 g/mol. The minimum absolute atomic E-state index is 0. The third-order valence-electron chi connectivity index (χ3n) is 7.30. The van der Waals surface area contributed by atoms with E-state index in [-0.39, 0.29) is 25.5 Å². The quantitative estimate of drug-likeness (QED) is 0.489. The fourth-order valence-electron chi connectivity index (χ4n) is 5.26. The molecule has 3 fully saturated rings. The summed E-state index contributed by atoms with van der Waals surface area (Å²) in [7, 11) is 0. The first kappa shape index (κ1) is 26.9. The minimum atomic E-state index is -0.356. The third-order valence-corrected chi connectivity index (χ3v) is 8.35. The smallest absolute Gasteiger partial charge is 0.274 e. The Kier molecular flexibility index (Phi) is 8.22. The monoisotopic (exact) mass is 557 g/mol. The molecule has 6 rings (SSSR count). The second-order valence-corrected chi connectivity index (χ2v) is 11.0. The van der Waals surface area contributed by atoms with Crippen LogP contribution in [0.4, 0.5) is 22.5 Å². The van der Waals surface area contributed by atoms with Gasteiger partial charge < -0.3 is 29.9 Å². The van der Waals surface area contributed by atoms with Crippen molar-refractivity contribution in [3.05, 3.63) is 29.5 Å². The molecule has 3 aliphatic heterocycles. The number of piperidine rings is 1. The predicted molar refractivity (Wildman–Crippen MR) is 157 cm³/mol. The van der Waals surface area contributed by atoms with E-state index in [0.717, 1.165) is 72.6 Å². The number of aliphatic hydroxyl groups is 1. The molecule has 0 radical (unpaired) electrons. The standard InChI is InChI=1S/C26H33N7O3S.H2S/c1-17-5-6-19(27-23(17)33-10-7-18(34)16-33)25(35)28-20-15-21-22(29-24(20)31-8-3-2-4-9-31)30-26(37-21)32-11-13-36-14-12-32;/h5-6,15,18,34H,2-4,7-14,16H2,1H3,(H,28,35);1H2/t18-;/m0./s1. The van der Waals surface area contributed by atoms with Gasteiger partial charge in [-0.2, -0.15) is 18.5 Å². The van der Waals surface area contributed by atoms with Crippen molar-refractivity contribution in [3.8, 4) is 0 Å². The van der Waals surface area contributed by atoms with Gasteiger partial charge in [0.05, 0.1) is 29.7 Å². The van der Waals surface area contributed by atoms with Crippen LogP contribution in [0.3, 0.4) is 0 Å². The first-order valence-electron chi connectivity index (χ1n) is 13.2. The van der Waals surface area contributed by atoms with Crippen molar-refractivity contribution in [2.75, 3.05) is 72.5 Å². The lowest BCUT2D eigenvalue weighted by Crippen LogP contribution is -2.36. The van der Waals surface area contributed by atoms with Crippen LogP contribution in [-0.4, -0.2) is 84.6 Å². The minimum Gasteiger partial charge on any atom is -0.391 e. The number of thiazole rings is 1. The van der Waals surface area contributed by atoms with E-state index in [2.05, 4.69) is 15.1 Å². The summed E-state index contributed by atoms with van der Waals surface area (Å²) in [5.74, 6) is 1.26. The Labute approximate surface area is 233 Å². The zero-order chi connectivity index (χ0) is 25.4. The number of carbonyl (C=O) groups is 1. The van der Waals surface area contributed by atoms with Gasteiger partial charge >= 0.3 is 0 Å². The lowest BCUT2D eigenvalue weighted by Gasteiger charge is -2.29. The zero-order valence-corrected chi connectivity index (χ0v) is 23.5. The maximum Gasteiger partial charge on any atom is 0.274 e. The maximum absolute atomic E-state index is 13.5. The highest BCUT2D eigenvalue weighted by molar-refractivity contribution is 7.59. The Morgan fingerprint density at radius 2 is 1.79 bits per heavy atom. The van der Waals surface area contributed by atoms with Crippen molar-refractivity contribution < 1.29 is 14.6 Å². The number of pyridine rings is 2. The maximum atomic E-state index is 13.5. The normalized spacial score (nSPS) is 20.1. The van der Waals surface area contributed by atoms with Gasteiger partial charge in [0.25, 0.3) is 5.91 Å². The molecular weight excluding hydrogens is 522 g/mol. The molecule has 3 aliphatic rings. The van der Waals surface area contributed by atoms with Crippen molar-refractivity contribution >= 4 is 63.5 Å². The number of aromatic nitrogens is 3. The van der Waals surface area contributed by atoms with Crippen LogP contribution in [0.2, 0.25) is 0 Å². The molecule has 38 heavy (non-hydrogen) atoms. The van der Waals surface area contributed by atoms with E-state index in [1.165, 1.54) is 6.42 Å². The Hall–Kier alpha value is -2.67. The number of β-amino-alcohol motifs (C(OH)–C–C–N with tert-alkyl or cyclic N) is 1. The molecule has 1 amide bonds. The van der Waals surface area contributed by atoms with Gasteiger partial charge in [0.2, 0.25) is 0 Å². The number of nitrogens with one attached hydrogen (secondary N) is 1. The van der Waals surface area contributed by atoms with Gasteiger partial charge in [-0.15, -0.1) is 0 Å². The number of morpholine rings is 1. The second kappa shape index (κ2) is 11.6. The Morgan fingerprint density at radius 3 is 2.53 bits per heavy atom. The van der Waals surface area contributed by atoms with Gasteiger partial charge in [0.15, 0.2) is 16.6 Å². The van der Waals surface area contributed by atoms with E-state index < -0.39 is 0 Å². The van der Waals surface area contributed by atoms with Crippen LogP contribution >= 0.6 is 24.8 Å². The SMILES string of the molecule is Cc1ccc(C(=O)Nc2cc3sc(N4CCOCC4)nc3nc2N2CCCCC2)nc1N1CC[C@H](O)C1.S. The third kappa shape index (κ3) is 5.54. The molecule has 3 aromatic rings. The number of ether oxygens (including phenoxy) is 1. The summed E-state index contributed by atoms with van der Waals surface area (Å²) in [6.07, 6.45) is 3.77. The molecule has 1 atom stereocenters. The van der Waals surface area contributed by atoms with E-state index in [0.29, 0.717) is 43.2 Å². The summed E-state index contributed by atoms with van der Waals surface area (Å²) < 4.78 is 6.44. The van der Waals surface area contributed by atoms with E-state index >= 15 is 0 Å². The summed E-state index contributed by atoms with van der Waals surface area (Å²) in [6.45, 7) is 8.11. The molecule has 0 aromatic carbocycles. The zero-order valence-electron chi connectivity index (χ0n) is 21.6. The van der Waals surface area contributed by atoms with Gasteiger partial charge in [-0.05, 0) is 50.3 Å². The number of anilines is 4. The Balaban J connectivity index is 0.00000294. The van der Waals surface area contributed by atoms with Crippen molar-refractivity contribution in [2.45, 2.75) is 38.7 Å². The number of nitrogens with zero attached hydrogens (tertiary/aromatic N) is 6. The lowest BCUT2D eigenvalue weighted by molar-refractivity contribution is 0.102. The molecule has 6 heterocycles. The van der Waals surface area contributed by atoms with Crippen LogP contribution in [0.15, 0.2) is 18.2 Å². The highest BCUT2D eigenvalue weighted by Gasteiger charge is 2.25. The first-order chi connectivity index (χ1) is 18.0. The van der Waals surface area contributed by atoms with Crippen LogP contribution in [0.5, 0.6) is 0 Å². The summed E-state index contributed by atoms with van der Waals surface area (Å²) in [5, 5.41) is 14.0. The second-order valence-electron chi connectivity index (χ2n) is 10.0. The van der Waals surface area contributed by atoms with E-state index in [4.69, 9.17) is 19.7 Å². The molecule has 3 aromatic heterocycles. The molecule has 0 bridgehead atoms. The number of hydrogen-bond donors (Lipinski definition) is 2. The summed E-state index contributed by atoms with van der Waals surface area (Å²) in [5.41, 5.74) is 2.75. The highest BCUT2D eigenvalue weighted by atomic mass is 32.1. The molecule has 0 saturated carbocycles. The van der Waals surface area contributed by atoms with Crippen LogP contribution < -0.4 is 20.0 Å². The molecular formula is C26H35N7O3S2. The van der Waals surface area contributed by atoms with Gasteiger partial charge in [0, 0.05) is 39.3 Å². The highest BCUT2D eigenvalue weighted by Crippen LogP contribution is 2.36. The summed E-state index contributed by atoms with van der Waals surface area (Å²) in [4.78, 5) is 34.5. The largest absolute Gasteiger partial charge is 0.391 e. The fourth-order valence-corrected chi connectivity index (χ4v) is 6.26. The average Bonchev–Trinajstić information content (AvgIpc) is 3.55. The van der Waals surface area contributed by atoms with Crippen molar-refractivity contribution in [1.82, 2.24) is 15.0 Å². The first-order valence-corrected chi connectivity index (χ1v) is 14.0.